The van der Waals surface area contributed by atoms with Gasteiger partial charge in [0.05, 0.1) is 6.61 Å². The molecular weight excluding hydrogens is 321 g/mol. The van der Waals surface area contributed by atoms with Gasteiger partial charge in [0, 0.05) is 6.54 Å². The van der Waals surface area contributed by atoms with E-state index in [9.17, 15) is 4.79 Å². The van der Waals surface area contributed by atoms with Crippen LogP contribution in [0.25, 0.3) is 0 Å². The third kappa shape index (κ3) is 24.3. The molecule has 0 unspecified atom stereocenters. The molecule has 0 heterocycles. The van der Waals surface area contributed by atoms with E-state index in [0.717, 1.165) is 13.0 Å². The van der Waals surface area contributed by atoms with E-state index in [1.165, 1.54) is 96.3 Å². The first kappa shape index (κ1) is 27.5. The van der Waals surface area contributed by atoms with Gasteiger partial charge in [-0.3, -0.25) is 0 Å². The van der Waals surface area contributed by atoms with Crippen LogP contribution in [0.4, 0.5) is 4.79 Å². The van der Waals surface area contributed by atoms with Crippen LogP contribution < -0.4 is 5.32 Å². The van der Waals surface area contributed by atoms with Crippen LogP contribution in [0.15, 0.2) is 0 Å². The Morgan fingerprint density at radius 1 is 0.640 bits per heavy atom. The Morgan fingerprint density at radius 2 is 1.00 bits per heavy atom. The molecule has 146 valence electrons. The predicted molar refractivity (Wildman–Crippen MR) is 112 cm³/mol. The minimum absolute atomic E-state index is 0. The summed E-state index contributed by atoms with van der Waals surface area (Å²) in [4.78, 5) is 11.1. The van der Waals surface area contributed by atoms with Crippen molar-refractivity contribution in [2.75, 3.05) is 13.2 Å². The Hall–Kier alpha value is 0.270. The molecular formula is C21H44NNaO2. The van der Waals surface area contributed by atoms with Crippen molar-refractivity contribution in [3.8, 4) is 0 Å². The van der Waals surface area contributed by atoms with Gasteiger partial charge in [0.2, 0.25) is 0 Å². The summed E-state index contributed by atoms with van der Waals surface area (Å²) in [5.41, 5.74) is 0. The molecule has 1 amide bonds. The molecule has 0 saturated carbocycles. The van der Waals surface area contributed by atoms with E-state index < -0.39 is 0 Å². The van der Waals surface area contributed by atoms with Crippen molar-refractivity contribution in [1.29, 1.82) is 0 Å². The second-order valence-corrected chi connectivity index (χ2v) is 6.95. The van der Waals surface area contributed by atoms with Crippen molar-refractivity contribution in [3.05, 3.63) is 0 Å². The van der Waals surface area contributed by atoms with Crippen LogP contribution in [0.3, 0.4) is 0 Å². The Morgan fingerprint density at radius 3 is 1.36 bits per heavy atom. The van der Waals surface area contributed by atoms with E-state index >= 15 is 0 Å². The molecule has 0 aliphatic rings. The number of unbranched alkanes of at least 4 members (excludes halogenated alkanes) is 15. The number of hydrogen-bond donors (Lipinski definition) is 1. The predicted octanol–water partition coefficient (Wildman–Crippen LogP) is 6.35. The van der Waals surface area contributed by atoms with Gasteiger partial charge in [-0.2, -0.15) is 0 Å². The van der Waals surface area contributed by atoms with Crippen LogP contribution in [0, 0.1) is 0 Å². The van der Waals surface area contributed by atoms with Crippen LogP contribution in [0.5, 0.6) is 0 Å². The molecule has 0 spiro atoms. The summed E-state index contributed by atoms with van der Waals surface area (Å²) in [6.07, 6.45) is 21.7. The molecule has 4 heteroatoms. The molecule has 0 rings (SSSR count). The number of amides is 1. The molecule has 0 aliphatic carbocycles. The van der Waals surface area contributed by atoms with Crippen LogP contribution >= 0.6 is 0 Å². The summed E-state index contributed by atoms with van der Waals surface area (Å²) >= 11 is 0. The number of ether oxygens (including phenoxy) is 1. The van der Waals surface area contributed by atoms with E-state index in [4.69, 9.17) is 4.74 Å². The fourth-order valence-electron chi connectivity index (χ4n) is 3.05. The number of carbonyl (C=O) groups is 1. The standard InChI is InChI=1S/C21H43NO2.Na.H/c1-3-5-6-7-8-9-10-11-12-13-14-15-16-17-18-19-20-22-21(23)24-4-2;;/h3-20H2,1-2H3,(H,22,23);;. The molecule has 0 bridgehead atoms. The van der Waals surface area contributed by atoms with E-state index in [-0.39, 0.29) is 35.7 Å². The molecule has 0 radical (unpaired) electrons. The van der Waals surface area contributed by atoms with E-state index in [2.05, 4.69) is 12.2 Å². The number of nitrogens with one attached hydrogen (secondary N) is 1. The minimum atomic E-state index is -0.279. The average molecular weight is 366 g/mol. The maximum absolute atomic E-state index is 11.1. The quantitative estimate of drug-likeness (QED) is 0.227. The maximum atomic E-state index is 11.1. The fourth-order valence-corrected chi connectivity index (χ4v) is 3.05. The number of carbonyl (C=O) groups excluding carboxylic acids is 1. The van der Waals surface area contributed by atoms with E-state index in [1.54, 1.807) is 0 Å². The zero-order valence-corrected chi connectivity index (χ0v) is 16.5. The topological polar surface area (TPSA) is 38.3 Å². The summed E-state index contributed by atoms with van der Waals surface area (Å²) in [7, 11) is 0. The van der Waals surface area contributed by atoms with Crippen molar-refractivity contribution in [3.63, 3.8) is 0 Å². The van der Waals surface area contributed by atoms with Crippen LogP contribution in [-0.4, -0.2) is 48.8 Å². The number of alkyl carbamates (subject to hydrolysis) is 1. The molecule has 3 nitrogen and oxygen atoms in total. The molecule has 0 aromatic rings. The Kier molecular flexibility index (Phi) is 26.7. The van der Waals surface area contributed by atoms with Crippen molar-refractivity contribution in [1.82, 2.24) is 5.32 Å². The zero-order chi connectivity index (χ0) is 17.7. The Balaban J connectivity index is 0. The first-order chi connectivity index (χ1) is 11.8. The summed E-state index contributed by atoms with van der Waals surface area (Å²) in [5, 5.41) is 2.77. The van der Waals surface area contributed by atoms with Gasteiger partial charge in [0.1, 0.15) is 0 Å². The second kappa shape index (κ2) is 24.3. The molecule has 1 N–H and O–H groups in total. The van der Waals surface area contributed by atoms with Gasteiger partial charge < -0.3 is 10.1 Å². The summed E-state index contributed by atoms with van der Waals surface area (Å²) in [6, 6.07) is 0. The first-order valence-corrected chi connectivity index (χ1v) is 10.7. The van der Waals surface area contributed by atoms with Crippen molar-refractivity contribution < 1.29 is 9.53 Å². The van der Waals surface area contributed by atoms with Gasteiger partial charge in [-0.05, 0) is 13.3 Å². The van der Waals surface area contributed by atoms with Gasteiger partial charge >= 0.3 is 35.7 Å². The molecule has 25 heavy (non-hydrogen) atoms. The third-order valence-electron chi connectivity index (χ3n) is 4.58. The molecule has 0 fully saturated rings. The van der Waals surface area contributed by atoms with Crippen molar-refractivity contribution in [2.24, 2.45) is 0 Å². The first-order valence-electron chi connectivity index (χ1n) is 10.7. The summed E-state index contributed by atoms with van der Waals surface area (Å²) < 4.78 is 4.82. The summed E-state index contributed by atoms with van der Waals surface area (Å²) in [6.45, 7) is 5.31. The molecule has 0 aromatic carbocycles. The van der Waals surface area contributed by atoms with Crippen LogP contribution in [0.2, 0.25) is 0 Å². The number of hydrogen-bond acceptors (Lipinski definition) is 2. The van der Waals surface area contributed by atoms with Crippen LogP contribution in [-0.2, 0) is 4.74 Å². The van der Waals surface area contributed by atoms with Gasteiger partial charge in [-0.1, -0.05) is 103 Å². The van der Waals surface area contributed by atoms with E-state index in [0.29, 0.717) is 6.61 Å². The molecule has 0 atom stereocenters. The van der Waals surface area contributed by atoms with Gasteiger partial charge in [-0.15, -0.1) is 0 Å². The molecule has 0 saturated heterocycles. The van der Waals surface area contributed by atoms with Gasteiger partial charge in [-0.25, -0.2) is 4.79 Å². The fraction of sp³-hybridized carbons (Fsp3) is 0.952. The molecule has 0 aliphatic heterocycles. The van der Waals surface area contributed by atoms with E-state index in [1.807, 2.05) is 6.92 Å². The van der Waals surface area contributed by atoms with Gasteiger partial charge in [0.25, 0.3) is 0 Å². The molecule has 0 aromatic heterocycles. The zero-order valence-electron chi connectivity index (χ0n) is 16.5. The summed E-state index contributed by atoms with van der Waals surface area (Å²) in [5.74, 6) is 0. The third-order valence-corrected chi connectivity index (χ3v) is 4.58. The number of rotatable bonds is 18. The monoisotopic (exact) mass is 365 g/mol. The SMILES string of the molecule is CCCCCCCCCCCCCCCCCCNC(=O)OCC.[NaH]. The van der Waals surface area contributed by atoms with Crippen LogP contribution in [0.1, 0.15) is 117 Å². The van der Waals surface area contributed by atoms with Crippen molar-refractivity contribution >= 4 is 35.7 Å². The average Bonchev–Trinajstić information content (AvgIpc) is 2.58. The van der Waals surface area contributed by atoms with Crippen molar-refractivity contribution in [2.45, 2.75) is 117 Å². The van der Waals surface area contributed by atoms with Gasteiger partial charge in [0.15, 0.2) is 0 Å². The Bertz CT molecular complexity index is 262. The second-order valence-electron chi connectivity index (χ2n) is 6.95. The normalized spacial score (nSPS) is 10.3. The Labute approximate surface area is 179 Å².